The van der Waals surface area contributed by atoms with Crippen LogP contribution in [0, 0.1) is 0 Å². The van der Waals surface area contributed by atoms with Crippen molar-refractivity contribution < 1.29 is 19.4 Å². The Balaban J connectivity index is 2.60. The molecule has 0 saturated carbocycles. The molecule has 1 N–H and O–H groups in total. The molecule has 0 unspecified atom stereocenters. The molecule has 2 aromatic rings. The zero-order chi connectivity index (χ0) is 17.7. The van der Waals surface area contributed by atoms with E-state index in [1.54, 1.807) is 32.4 Å². The summed E-state index contributed by atoms with van der Waals surface area (Å²) in [6.07, 6.45) is 1.63. The number of benzene rings is 2. The summed E-state index contributed by atoms with van der Waals surface area (Å²) in [5.41, 5.74) is 2.55. The molecule has 0 aliphatic carbocycles. The van der Waals surface area contributed by atoms with E-state index >= 15 is 0 Å². The first-order valence-corrected chi connectivity index (χ1v) is 7.74. The first kappa shape index (κ1) is 17.6. The van der Waals surface area contributed by atoms with Crippen LogP contribution in [-0.4, -0.2) is 25.3 Å². The molecule has 126 valence electrons. The highest BCUT2D eigenvalue weighted by Gasteiger charge is 2.16. The van der Waals surface area contributed by atoms with Crippen LogP contribution in [0.5, 0.6) is 11.5 Å². The van der Waals surface area contributed by atoms with Crippen molar-refractivity contribution in [3.05, 3.63) is 59.2 Å². The van der Waals surface area contributed by atoms with Crippen molar-refractivity contribution in [1.82, 2.24) is 0 Å². The number of rotatable bonds is 6. The van der Waals surface area contributed by atoms with Gasteiger partial charge in [-0.05, 0) is 35.3 Å². The van der Waals surface area contributed by atoms with Crippen molar-refractivity contribution >= 4 is 17.6 Å². The molecule has 4 nitrogen and oxygen atoms in total. The van der Waals surface area contributed by atoms with Gasteiger partial charge in [0.1, 0.15) is 11.5 Å². The van der Waals surface area contributed by atoms with E-state index in [9.17, 15) is 9.90 Å². The lowest BCUT2D eigenvalue weighted by molar-refractivity contribution is -0.130. The first-order valence-electron chi connectivity index (χ1n) is 7.74. The second-order valence-corrected chi connectivity index (χ2v) is 5.72. The lowest BCUT2D eigenvalue weighted by Crippen LogP contribution is -2.01. The van der Waals surface area contributed by atoms with Crippen molar-refractivity contribution in [3.8, 4) is 11.5 Å². The molecular formula is C20H22O4. The van der Waals surface area contributed by atoms with Gasteiger partial charge in [-0.2, -0.15) is 0 Å². The highest BCUT2D eigenvalue weighted by molar-refractivity contribution is 6.20. The molecule has 0 amide bonds. The van der Waals surface area contributed by atoms with Crippen LogP contribution in [-0.2, 0) is 4.79 Å². The van der Waals surface area contributed by atoms with E-state index in [0.717, 1.165) is 5.56 Å². The molecule has 0 bridgehead atoms. The lowest BCUT2D eigenvalue weighted by Gasteiger charge is -2.17. The molecule has 0 atom stereocenters. The molecule has 0 aromatic heterocycles. The average Bonchev–Trinajstić information content (AvgIpc) is 2.58. The fourth-order valence-electron chi connectivity index (χ4n) is 2.66. The van der Waals surface area contributed by atoms with Crippen LogP contribution in [0.25, 0.3) is 11.6 Å². The molecule has 0 aliphatic heterocycles. The number of hydrogen-bond acceptors (Lipinski definition) is 3. The number of methoxy groups -OCH3 is 2. The Kier molecular flexibility index (Phi) is 5.64. The number of hydrogen-bond donors (Lipinski definition) is 1. The van der Waals surface area contributed by atoms with Gasteiger partial charge in [-0.25, -0.2) is 4.79 Å². The van der Waals surface area contributed by atoms with Crippen molar-refractivity contribution in [2.45, 2.75) is 19.8 Å². The minimum Gasteiger partial charge on any atom is -0.496 e. The number of carboxylic acids is 1. The predicted molar refractivity (Wildman–Crippen MR) is 95.6 cm³/mol. The van der Waals surface area contributed by atoms with Gasteiger partial charge in [-0.15, -0.1) is 0 Å². The zero-order valence-corrected chi connectivity index (χ0v) is 14.4. The molecule has 2 aromatic carbocycles. The Morgan fingerprint density at radius 3 is 2.00 bits per heavy atom. The summed E-state index contributed by atoms with van der Waals surface area (Å²) in [6, 6.07) is 12.7. The largest absolute Gasteiger partial charge is 0.496 e. The van der Waals surface area contributed by atoms with E-state index in [2.05, 4.69) is 13.8 Å². The van der Waals surface area contributed by atoms with Crippen LogP contribution < -0.4 is 9.47 Å². The smallest absolute Gasteiger partial charge is 0.336 e. The average molecular weight is 326 g/mol. The van der Waals surface area contributed by atoms with Crippen LogP contribution in [0.2, 0.25) is 0 Å². The Morgan fingerprint density at radius 1 is 1.04 bits per heavy atom. The molecule has 0 saturated heterocycles. The summed E-state index contributed by atoms with van der Waals surface area (Å²) in [7, 11) is 3.20. The maximum atomic E-state index is 11.7. The molecule has 24 heavy (non-hydrogen) atoms. The Labute approximate surface area is 142 Å². The van der Waals surface area contributed by atoms with E-state index < -0.39 is 5.97 Å². The van der Waals surface area contributed by atoms with Crippen LogP contribution in [0.4, 0.5) is 0 Å². The van der Waals surface area contributed by atoms with Gasteiger partial charge in [0.05, 0.1) is 19.8 Å². The van der Waals surface area contributed by atoms with Crippen LogP contribution in [0.3, 0.4) is 0 Å². The second-order valence-electron chi connectivity index (χ2n) is 5.72. The fourth-order valence-corrected chi connectivity index (χ4v) is 2.66. The van der Waals surface area contributed by atoms with Gasteiger partial charge in [0.25, 0.3) is 0 Å². The summed E-state index contributed by atoms with van der Waals surface area (Å²) in [5.74, 6) is 0.620. The summed E-state index contributed by atoms with van der Waals surface area (Å²) in [4.78, 5) is 11.7. The highest BCUT2D eigenvalue weighted by Crippen LogP contribution is 2.37. The maximum absolute atomic E-state index is 11.7. The summed E-state index contributed by atoms with van der Waals surface area (Å²) < 4.78 is 11.0. The molecule has 2 rings (SSSR count). The molecule has 0 heterocycles. The van der Waals surface area contributed by atoms with Crippen molar-refractivity contribution in [2.75, 3.05) is 14.2 Å². The second kappa shape index (κ2) is 7.68. The van der Waals surface area contributed by atoms with Crippen molar-refractivity contribution in [1.29, 1.82) is 0 Å². The molecule has 0 fully saturated rings. The number of carboxylic acid groups (broad SMARTS) is 1. The van der Waals surface area contributed by atoms with Crippen molar-refractivity contribution in [3.63, 3.8) is 0 Å². The summed E-state index contributed by atoms with van der Waals surface area (Å²) >= 11 is 0. The SMILES string of the molecule is COc1cc(C=C(C(=O)O)c2ccccc2)cc(OC)c1C(C)C. The number of aliphatic carboxylic acids is 1. The highest BCUT2D eigenvalue weighted by atomic mass is 16.5. The molecule has 0 radical (unpaired) electrons. The normalized spacial score (nSPS) is 11.5. The summed E-state index contributed by atoms with van der Waals surface area (Å²) in [6.45, 7) is 4.12. The van der Waals surface area contributed by atoms with Gasteiger partial charge >= 0.3 is 5.97 Å². The third-order valence-electron chi connectivity index (χ3n) is 3.77. The van der Waals surface area contributed by atoms with Gasteiger partial charge in [-0.1, -0.05) is 44.2 Å². The van der Waals surface area contributed by atoms with E-state index in [1.807, 2.05) is 30.3 Å². The monoisotopic (exact) mass is 326 g/mol. The quantitative estimate of drug-likeness (QED) is 0.629. The van der Waals surface area contributed by atoms with E-state index in [0.29, 0.717) is 22.6 Å². The third kappa shape index (κ3) is 3.77. The summed E-state index contributed by atoms with van der Waals surface area (Å²) in [5, 5.41) is 9.55. The molecule has 0 spiro atoms. The standard InChI is InChI=1S/C20H22O4/c1-13(2)19-17(23-3)11-14(12-18(19)24-4)10-16(20(21)22)15-8-6-5-7-9-15/h5-13H,1-4H3,(H,21,22). The van der Waals surface area contributed by atoms with Crippen LogP contribution in [0.15, 0.2) is 42.5 Å². The van der Waals surface area contributed by atoms with E-state index in [1.165, 1.54) is 0 Å². The van der Waals surface area contributed by atoms with E-state index in [4.69, 9.17) is 9.47 Å². The fraction of sp³-hybridized carbons (Fsp3) is 0.250. The van der Waals surface area contributed by atoms with Gasteiger partial charge in [0.2, 0.25) is 0 Å². The van der Waals surface area contributed by atoms with Gasteiger partial charge in [0.15, 0.2) is 0 Å². The first-order chi connectivity index (χ1) is 11.5. The minimum atomic E-state index is -0.980. The molecule has 4 heteroatoms. The van der Waals surface area contributed by atoms with Gasteiger partial charge in [0, 0.05) is 5.56 Å². The zero-order valence-electron chi connectivity index (χ0n) is 14.4. The molecular weight excluding hydrogens is 304 g/mol. The topological polar surface area (TPSA) is 55.8 Å². The number of carbonyl (C=O) groups is 1. The third-order valence-corrected chi connectivity index (χ3v) is 3.77. The van der Waals surface area contributed by atoms with Gasteiger partial charge in [-0.3, -0.25) is 0 Å². The van der Waals surface area contributed by atoms with Crippen LogP contribution >= 0.6 is 0 Å². The maximum Gasteiger partial charge on any atom is 0.336 e. The minimum absolute atomic E-state index is 0.219. The Bertz CT molecular complexity index is 720. The van der Waals surface area contributed by atoms with E-state index in [-0.39, 0.29) is 11.5 Å². The Morgan fingerprint density at radius 2 is 1.58 bits per heavy atom. The van der Waals surface area contributed by atoms with Crippen LogP contribution in [0.1, 0.15) is 36.5 Å². The number of ether oxygens (including phenoxy) is 2. The lowest BCUT2D eigenvalue weighted by atomic mass is 9.97. The molecule has 0 aliphatic rings. The predicted octanol–water partition coefficient (Wildman–Crippen LogP) is 4.45. The van der Waals surface area contributed by atoms with Gasteiger partial charge < -0.3 is 14.6 Å². The Hall–Kier alpha value is -2.75. The van der Waals surface area contributed by atoms with Crippen molar-refractivity contribution in [2.24, 2.45) is 0 Å².